The molecule has 1 heterocycles. The average Bonchev–Trinajstić information content (AvgIpc) is 2.83. The van der Waals surface area contributed by atoms with Gasteiger partial charge in [-0.2, -0.15) is 0 Å². The van der Waals surface area contributed by atoms with E-state index in [1.165, 1.54) is 18.2 Å². The summed E-state index contributed by atoms with van der Waals surface area (Å²) in [6.07, 6.45) is 1.06. The number of carbonyl (C=O) groups excluding carboxylic acids is 3. The number of amides is 4. The summed E-state index contributed by atoms with van der Waals surface area (Å²) in [4.78, 5) is 38.3. The maximum atomic E-state index is 12.8. The van der Waals surface area contributed by atoms with E-state index in [2.05, 4.69) is 10.6 Å². The molecule has 2 aromatic rings. The number of nitrogens with zero attached hydrogens (tertiary/aromatic N) is 1. The lowest BCUT2D eigenvalue weighted by atomic mass is 9.93. The molecule has 1 saturated heterocycles. The molecule has 1 atom stereocenters. The molecular weight excluding hydrogens is 401 g/mol. The van der Waals surface area contributed by atoms with E-state index in [4.69, 9.17) is 23.2 Å². The van der Waals surface area contributed by atoms with Crippen molar-refractivity contribution >= 4 is 46.7 Å². The van der Waals surface area contributed by atoms with Gasteiger partial charge in [-0.15, -0.1) is 0 Å². The van der Waals surface area contributed by atoms with Crippen LogP contribution in [-0.4, -0.2) is 34.8 Å². The van der Waals surface area contributed by atoms with Gasteiger partial charge in [0.2, 0.25) is 5.91 Å². The molecule has 0 radical (unpaired) electrons. The number of imide groups is 1. The monoisotopic (exact) mass is 419 g/mol. The van der Waals surface area contributed by atoms with Crippen LogP contribution in [-0.2, 0) is 16.0 Å². The van der Waals surface area contributed by atoms with Gasteiger partial charge in [0, 0.05) is 15.7 Å². The predicted molar refractivity (Wildman–Crippen MR) is 109 cm³/mol. The molecule has 28 heavy (non-hydrogen) atoms. The van der Waals surface area contributed by atoms with Gasteiger partial charge >= 0.3 is 6.03 Å². The van der Waals surface area contributed by atoms with Gasteiger partial charge in [-0.3, -0.25) is 14.5 Å². The Balaban J connectivity index is 1.63. The number of benzene rings is 2. The van der Waals surface area contributed by atoms with E-state index in [-0.39, 0.29) is 0 Å². The van der Waals surface area contributed by atoms with Crippen molar-refractivity contribution in [3.8, 4) is 0 Å². The third kappa shape index (κ3) is 4.64. The Kier molecular flexibility index (Phi) is 5.91. The van der Waals surface area contributed by atoms with Gasteiger partial charge in [0.25, 0.3) is 5.91 Å². The second-order valence-corrected chi connectivity index (χ2v) is 7.72. The Hall–Kier alpha value is -2.57. The molecule has 0 bridgehead atoms. The highest BCUT2D eigenvalue weighted by Gasteiger charge is 2.47. The highest BCUT2D eigenvalue weighted by atomic mass is 35.5. The van der Waals surface area contributed by atoms with Crippen molar-refractivity contribution < 1.29 is 14.4 Å². The van der Waals surface area contributed by atoms with Crippen LogP contribution in [0, 0.1) is 0 Å². The van der Waals surface area contributed by atoms with Crippen molar-refractivity contribution in [3.63, 3.8) is 0 Å². The van der Waals surface area contributed by atoms with E-state index < -0.39 is 29.9 Å². The van der Waals surface area contributed by atoms with Crippen LogP contribution >= 0.6 is 23.2 Å². The summed E-state index contributed by atoms with van der Waals surface area (Å²) in [5.74, 6) is -0.943. The summed E-state index contributed by atoms with van der Waals surface area (Å²) in [6, 6.07) is 13.7. The van der Waals surface area contributed by atoms with Crippen LogP contribution in [0.2, 0.25) is 10.0 Å². The third-order valence-corrected chi connectivity index (χ3v) is 4.99. The summed E-state index contributed by atoms with van der Waals surface area (Å²) < 4.78 is 0. The maximum absolute atomic E-state index is 12.8. The van der Waals surface area contributed by atoms with Crippen LogP contribution in [0.25, 0.3) is 0 Å². The van der Waals surface area contributed by atoms with Gasteiger partial charge in [-0.05, 0) is 43.5 Å². The number of hydrogen-bond acceptors (Lipinski definition) is 3. The van der Waals surface area contributed by atoms with Crippen molar-refractivity contribution in [2.24, 2.45) is 0 Å². The molecule has 8 heteroatoms. The van der Waals surface area contributed by atoms with Gasteiger partial charge in [0.05, 0.1) is 0 Å². The second-order valence-electron chi connectivity index (χ2n) is 6.85. The van der Waals surface area contributed by atoms with Crippen LogP contribution in [0.1, 0.15) is 18.9 Å². The Morgan fingerprint density at radius 2 is 1.75 bits per heavy atom. The number of urea groups is 1. The lowest BCUT2D eigenvalue weighted by Crippen LogP contribution is -2.45. The summed E-state index contributed by atoms with van der Waals surface area (Å²) in [6.45, 7) is 1.28. The van der Waals surface area contributed by atoms with Crippen molar-refractivity contribution in [1.29, 1.82) is 0 Å². The fraction of sp³-hybridized carbons (Fsp3) is 0.250. The number of rotatable bonds is 6. The van der Waals surface area contributed by atoms with E-state index in [0.29, 0.717) is 28.6 Å². The van der Waals surface area contributed by atoms with Crippen LogP contribution in [0.3, 0.4) is 0 Å². The molecule has 1 unspecified atom stereocenters. The summed E-state index contributed by atoms with van der Waals surface area (Å²) in [5.41, 5.74) is 0.410. The van der Waals surface area contributed by atoms with Crippen LogP contribution in [0.15, 0.2) is 48.5 Å². The Morgan fingerprint density at radius 1 is 1.11 bits per heavy atom. The lowest BCUT2D eigenvalue weighted by Gasteiger charge is -2.21. The number of anilines is 1. The molecular formula is C20H19Cl2N3O3. The van der Waals surface area contributed by atoms with Crippen molar-refractivity contribution in [1.82, 2.24) is 10.2 Å². The molecule has 0 spiro atoms. The fourth-order valence-electron chi connectivity index (χ4n) is 3.07. The largest absolute Gasteiger partial charge is 0.325 e. The molecule has 0 aliphatic carbocycles. The quantitative estimate of drug-likeness (QED) is 0.697. The standard InChI is InChI=1S/C20H19Cl2N3O3/c1-20(8-7-13-5-3-2-4-6-13)18(27)25(19(28)24-20)12-17(26)23-16-10-14(21)9-15(22)11-16/h2-6,9-11H,7-8,12H2,1H3,(H,23,26)(H,24,28). The zero-order valence-electron chi connectivity index (χ0n) is 15.2. The molecule has 1 aliphatic rings. The molecule has 3 rings (SSSR count). The first-order chi connectivity index (χ1) is 13.3. The van der Waals surface area contributed by atoms with Crippen LogP contribution in [0.4, 0.5) is 10.5 Å². The second kappa shape index (κ2) is 8.20. The molecule has 2 aromatic carbocycles. The smallest absolute Gasteiger partial charge is 0.324 e. The first-order valence-electron chi connectivity index (χ1n) is 8.71. The van der Waals surface area contributed by atoms with Crippen LogP contribution in [0.5, 0.6) is 0 Å². The molecule has 1 fully saturated rings. The number of halogens is 2. The molecule has 146 valence electrons. The van der Waals surface area contributed by atoms with E-state index >= 15 is 0 Å². The topological polar surface area (TPSA) is 78.5 Å². The predicted octanol–water partition coefficient (Wildman–Crippen LogP) is 3.88. The third-order valence-electron chi connectivity index (χ3n) is 4.55. The Bertz CT molecular complexity index is 900. The van der Waals surface area contributed by atoms with Gasteiger partial charge in [0.15, 0.2) is 0 Å². The number of hydrogen-bond donors (Lipinski definition) is 2. The molecule has 2 N–H and O–H groups in total. The SMILES string of the molecule is CC1(CCc2ccccc2)NC(=O)N(CC(=O)Nc2cc(Cl)cc(Cl)c2)C1=O. The number of aryl methyl sites for hydroxylation is 1. The minimum absolute atomic E-state index is 0.367. The summed E-state index contributed by atoms with van der Waals surface area (Å²) in [5, 5.41) is 6.03. The van der Waals surface area contributed by atoms with E-state index in [1.54, 1.807) is 6.92 Å². The Morgan fingerprint density at radius 3 is 2.39 bits per heavy atom. The lowest BCUT2D eigenvalue weighted by molar-refractivity contribution is -0.133. The number of carbonyl (C=O) groups is 3. The van der Waals surface area contributed by atoms with Gasteiger partial charge < -0.3 is 10.6 Å². The highest BCUT2D eigenvalue weighted by Crippen LogP contribution is 2.24. The molecule has 0 aromatic heterocycles. The Labute approximate surface area is 172 Å². The van der Waals surface area contributed by atoms with Gasteiger partial charge in [-0.25, -0.2) is 4.79 Å². The molecule has 1 aliphatic heterocycles. The zero-order chi connectivity index (χ0) is 20.3. The fourth-order valence-corrected chi connectivity index (χ4v) is 3.60. The van der Waals surface area contributed by atoms with E-state index in [9.17, 15) is 14.4 Å². The molecule has 4 amide bonds. The molecule has 6 nitrogen and oxygen atoms in total. The van der Waals surface area contributed by atoms with Crippen molar-refractivity contribution in [2.75, 3.05) is 11.9 Å². The minimum Gasteiger partial charge on any atom is -0.324 e. The van der Waals surface area contributed by atoms with Gasteiger partial charge in [0.1, 0.15) is 12.1 Å². The average molecular weight is 420 g/mol. The summed E-state index contributed by atoms with van der Waals surface area (Å²) in [7, 11) is 0. The van der Waals surface area contributed by atoms with Crippen molar-refractivity contribution in [2.45, 2.75) is 25.3 Å². The van der Waals surface area contributed by atoms with E-state index in [1.807, 2.05) is 30.3 Å². The normalized spacial score (nSPS) is 18.9. The first kappa shape index (κ1) is 20.2. The van der Waals surface area contributed by atoms with Crippen molar-refractivity contribution in [3.05, 3.63) is 64.1 Å². The van der Waals surface area contributed by atoms with E-state index in [0.717, 1.165) is 10.5 Å². The first-order valence-corrected chi connectivity index (χ1v) is 9.46. The minimum atomic E-state index is -1.05. The van der Waals surface area contributed by atoms with Gasteiger partial charge in [-0.1, -0.05) is 53.5 Å². The zero-order valence-corrected chi connectivity index (χ0v) is 16.7. The summed E-state index contributed by atoms with van der Waals surface area (Å²) >= 11 is 11.8. The maximum Gasteiger partial charge on any atom is 0.325 e. The number of nitrogens with one attached hydrogen (secondary N) is 2. The van der Waals surface area contributed by atoms with Crippen LogP contribution < -0.4 is 10.6 Å². The molecule has 0 saturated carbocycles. The highest BCUT2D eigenvalue weighted by molar-refractivity contribution is 6.35.